The van der Waals surface area contributed by atoms with Crippen LogP contribution < -0.4 is 0 Å². The fraction of sp³-hybridized carbons (Fsp3) is 0.842. The predicted molar refractivity (Wildman–Crippen MR) is 99.1 cm³/mol. The fourth-order valence-corrected chi connectivity index (χ4v) is 2.11. The molecule has 4 nitrogen and oxygen atoms in total. The normalized spacial score (nSPS) is 9.74. The second-order valence-corrected chi connectivity index (χ2v) is 5.32. The standard InChI is InChI=1S/C17H32O4.2CH4/c1-2-3-4-5-6-7-8-9-10-11-12-13-20-14-15-21-16-17(18)19;;/h2H,1,3-16H2,(H,18,19);2*1H4. The van der Waals surface area contributed by atoms with E-state index in [0.29, 0.717) is 13.2 Å². The zero-order chi connectivity index (χ0) is 15.6. The Morgan fingerprint density at radius 1 is 0.783 bits per heavy atom. The molecule has 1 N–H and O–H groups in total. The molecular weight excluding hydrogens is 292 g/mol. The van der Waals surface area contributed by atoms with Crippen molar-refractivity contribution in [2.24, 2.45) is 0 Å². The summed E-state index contributed by atoms with van der Waals surface area (Å²) in [6.07, 6.45) is 14.7. The molecule has 0 aromatic heterocycles. The summed E-state index contributed by atoms with van der Waals surface area (Å²) in [5, 5.41) is 8.36. The van der Waals surface area contributed by atoms with Gasteiger partial charge < -0.3 is 14.6 Å². The van der Waals surface area contributed by atoms with Crippen LogP contribution in [0.1, 0.15) is 79.1 Å². The Bertz CT molecular complexity index is 242. The summed E-state index contributed by atoms with van der Waals surface area (Å²) in [5.41, 5.74) is 0. The van der Waals surface area contributed by atoms with Crippen molar-refractivity contribution in [3.63, 3.8) is 0 Å². The number of hydrogen-bond donors (Lipinski definition) is 1. The largest absolute Gasteiger partial charge is 0.480 e. The monoisotopic (exact) mass is 332 g/mol. The zero-order valence-corrected chi connectivity index (χ0v) is 13.4. The molecule has 0 aliphatic rings. The average molecular weight is 333 g/mol. The Hall–Kier alpha value is -0.870. The number of hydrogen-bond acceptors (Lipinski definition) is 3. The molecule has 0 saturated heterocycles. The van der Waals surface area contributed by atoms with Crippen LogP contribution in [-0.2, 0) is 14.3 Å². The molecule has 4 heteroatoms. The first kappa shape index (κ1) is 27.0. The van der Waals surface area contributed by atoms with Gasteiger partial charge in [0.15, 0.2) is 0 Å². The van der Waals surface area contributed by atoms with Crippen LogP contribution in [0.4, 0.5) is 0 Å². The van der Waals surface area contributed by atoms with Crippen LogP contribution in [0, 0.1) is 0 Å². The molecule has 0 atom stereocenters. The first-order valence-electron chi connectivity index (χ1n) is 8.25. The minimum Gasteiger partial charge on any atom is -0.480 e. The number of carboxylic acid groups (broad SMARTS) is 1. The third kappa shape index (κ3) is 26.4. The van der Waals surface area contributed by atoms with Crippen molar-refractivity contribution >= 4 is 5.97 Å². The quantitative estimate of drug-likeness (QED) is 0.284. The van der Waals surface area contributed by atoms with E-state index in [9.17, 15) is 4.79 Å². The second kappa shape index (κ2) is 23.4. The molecule has 140 valence electrons. The van der Waals surface area contributed by atoms with E-state index in [1.165, 1.54) is 51.4 Å². The molecule has 0 aliphatic heterocycles. The number of carboxylic acids is 1. The minimum absolute atomic E-state index is 0. The van der Waals surface area contributed by atoms with Gasteiger partial charge in [0, 0.05) is 6.61 Å². The summed E-state index contributed by atoms with van der Waals surface area (Å²) in [4.78, 5) is 10.2. The zero-order valence-electron chi connectivity index (χ0n) is 13.4. The Morgan fingerprint density at radius 2 is 1.26 bits per heavy atom. The van der Waals surface area contributed by atoms with E-state index in [1.54, 1.807) is 0 Å². The van der Waals surface area contributed by atoms with Crippen molar-refractivity contribution in [1.82, 2.24) is 0 Å². The predicted octanol–water partition coefficient (Wildman–Crippen LogP) is 5.46. The van der Waals surface area contributed by atoms with Gasteiger partial charge in [0.05, 0.1) is 13.2 Å². The van der Waals surface area contributed by atoms with Gasteiger partial charge in [0.25, 0.3) is 0 Å². The molecule has 0 fully saturated rings. The molecule has 0 spiro atoms. The van der Waals surface area contributed by atoms with E-state index in [4.69, 9.17) is 14.6 Å². The molecule has 0 aromatic rings. The summed E-state index contributed by atoms with van der Waals surface area (Å²) < 4.78 is 10.2. The first-order chi connectivity index (χ1) is 10.3. The van der Waals surface area contributed by atoms with Crippen LogP contribution in [-0.4, -0.2) is 37.5 Å². The number of ether oxygens (including phenoxy) is 2. The molecule has 0 bridgehead atoms. The maximum atomic E-state index is 10.2. The van der Waals surface area contributed by atoms with Gasteiger partial charge in [-0.1, -0.05) is 65.9 Å². The molecular formula is C19H40O4. The van der Waals surface area contributed by atoms with Gasteiger partial charge in [0.1, 0.15) is 6.61 Å². The van der Waals surface area contributed by atoms with Gasteiger partial charge >= 0.3 is 5.97 Å². The summed E-state index contributed by atoms with van der Waals surface area (Å²) in [6.45, 7) is 5.08. The van der Waals surface area contributed by atoms with Crippen LogP contribution in [0.3, 0.4) is 0 Å². The number of rotatable bonds is 17. The Kier molecular flexibility index (Phi) is 27.5. The van der Waals surface area contributed by atoms with Gasteiger partial charge in [-0.25, -0.2) is 4.79 Å². The molecule has 0 amide bonds. The highest BCUT2D eigenvalue weighted by Gasteiger charge is 1.96. The summed E-state index contributed by atoms with van der Waals surface area (Å²) in [7, 11) is 0. The third-order valence-electron chi connectivity index (χ3n) is 3.29. The van der Waals surface area contributed by atoms with E-state index in [2.05, 4.69) is 6.58 Å². The Labute approximate surface area is 144 Å². The highest BCUT2D eigenvalue weighted by Crippen LogP contribution is 2.10. The molecule has 0 unspecified atom stereocenters. The van der Waals surface area contributed by atoms with Gasteiger partial charge in [-0.05, 0) is 19.3 Å². The van der Waals surface area contributed by atoms with Crippen LogP contribution in [0.2, 0.25) is 0 Å². The van der Waals surface area contributed by atoms with E-state index in [0.717, 1.165) is 19.4 Å². The van der Waals surface area contributed by atoms with Crippen molar-refractivity contribution in [3.8, 4) is 0 Å². The molecule has 23 heavy (non-hydrogen) atoms. The van der Waals surface area contributed by atoms with Crippen molar-refractivity contribution in [3.05, 3.63) is 12.7 Å². The summed E-state index contributed by atoms with van der Waals surface area (Å²) >= 11 is 0. The number of allylic oxidation sites excluding steroid dienone is 1. The van der Waals surface area contributed by atoms with E-state index in [1.807, 2.05) is 6.08 Å². The SMILES string of the molecule is C.C.C=CCCCCCCCCCCCOCCOCC(=O)O. The van der Waals surface area contributed by atoms with E-state index < -0.39 is 5.97 Å². The summed E-state index contributed by atoms with van der Waals surface area (Å²) in [6, 6.07) is 0. The highest BCUT2D eigenvalue weighted by atomic mass is 16.5. The highest BCUT2D eigenvalue weighted by molar-refractivity contribution is 5.67. The van der Waals surface area contributed by atoms with Crippen molar-refractivity contribution in [2.45, 2.75) is 79.1 Å². The molecule has 0 saturated carbocycles. The lowest BCUT2D eigenvalue weighted by Crippen LogP contribution is -2.11. The lowest BCUT2D eigenvalue weighted by atomic mass is 10.1. The van der Waals surface area contributed by atoms with Crippen LogP contribution in [0.5, 0.6) is 0 Å². The molecule has 0 aliphatic carbocycles. The molecule has 0 aromatic carbocycles. The Morgan fingerprint density at radius 3 is 1.78 bits per heavy atom. The molecule has 0 radical (unpaired) electrons. The topological polar surface area (TPSA) is 55.8 Å². The number of aliphatic carboxylic acids is 1. The van der Waals surface area contributed by atoms with Gasteiger partial charge in [-0.15, -0.1) is 6.58 Å². The van der Waals surface area contributed by atoms with Crippen LogP contribution in [0.25, 0.3) is 0 Å². The maximum absolute atomic E-state index is 10.2. The first-order valence-corrected chi connectivity index (χ1v) is 8.25. The van der Waals surface area contributed by atoms with Crippen LogP contribution in [0.15, 0.2) is 12.7 Å². The summed E-state index contributed by atoms with van der Waals surface area (Å²) in [5.74, 6) is -0.935. The van der Waals surface area contributed by atoms with Crippen LogP contribution >= 0.6 is 0 Å². The lowest BCUT2D eigenvalue weighted by Gasteiger charge is -2.05. The number of unbranched alkanes of at least 4 members (excludes halogenated alkanes) is 9. The van der Waals surface area contributed by atoms with Gasteiger partial charge in [0.2, 0.25) is 0 Å². The van der Waals surface area contributed by atoms with E-state index >= 15 is 0 Å². The number of carbonyl (C=O) groups is 1. The molecule has 0 heterocycles. The average Bonchev–Trinajstić information content (AvgIpc) is 2.46. The lowest BCUT2D eigenvalue weighted by molar-refractivity contribution is -0.142. The molecule has 0 rings (SSSR count). The smallest absolute Gasteiger partial charge is 0.329 e. The van der Waals surface area contributed by atoms with E-state index in [-0.39, 0.29) is 21.5 Å². The van der Waals surface area contributed by atoms with Gasteiger partial charge in [-0.2, -0.15) is 0 Å². The van der Waals surface area contributed by atoms with Gasteiger partial charge in [-0.3, -0.25) is 0 Å². The second-order valence-electron chi connectivity index (χ2n) is 5.32. The minimum atomic E-state index is -0.935. The van der Waals surface area contributed by atoms with Crippen molar-refractivity contribution in [1.29, 1.82) is 0 Å². The Balaban J connectivity index is -0.00000200. The third-order valence-corrected chi connectivity index (χ3v) is 3.29. The van der Waals surface area contributed by atoms with Crippen molar-refractivity contribution in [2.75, 3.05) is 26.4 Å². The maximum Gasteiger partial charge on any atom is 0.329 e. The fourth-order valence-electron chi connectivity index (χ4n) is 2.11. The van der Waals surface area contributed by atoms with Crippen molar-refractivity contribution < 1.29 is 19.4 Å².